The van der Waals surface area contributed by atoms with E-state index >= 15 is 0 Å². The summed E-state index contributed by atoms with van der Waals surface area (Å²) >= 11 is 0. The molecule has 3 N–H and O–H groups in total. The van der Waals surface area contributed by atoms with E-state index in [0.717, 1.165) is 44.0 Å². The molecule has 0 amide bonds. The molecule has 1 aromatic rings. The second-order valence-corrected chi connectivity index (χ2v) is 5.08. The molecule has 112 valence electrons. The SMILES string of the molecule is NCc1ccc(OCC(O)CN2CCCOCC2)cc1. The lowest BCUT2D eigenvalue weighted by atomic mass is 10.2. The summed E-state index contributed by atoms with van der Waals surface area (Å²) in [6.07, 6.45) is 0.538. The average molecular weight is 280 g/mol. The lowest BCUT2D eigenvalue weighted by Gasteiger charge is -2.22. The molecule has 0 bridgehead atoms. The van der Waals surface area contributed by atoms with Crippen LogP contribution in [0.5, 0.6) is 5.75 Å². The van der Waals surface area contributed by atoms with Gasteiger partial charge < -0.3 is 20.3 Å². The zero-order valence-electron chi connectivity index (χ0n) is 11.8. The molecule has 1 saturated heterocycles. The lowest BCUT2D eigenvalue weighted by Crippen LogP contribution is -2.37. The van der Waals surface area contributed by atoms with Crippen LogP contribution in [0.2, 0.25) is 0 Å². The minimum atomic E-state index is -0.484. The van der Waals surface area contributed by atoms with Crippen molar-refractivity contribution in [3.8, 4) is 5.75 Å². The highest BCUT2D eigenvalue weighted by Crippen LogP contribution is 2.12. The number of β-amino-alcohol motifs (C(OH)–C–C–N with tert-alkyl or cyclic N) is 1. The first-order valence-electron chi connectivity index (χ1n) is 7.18. The van der Waals surface area contributed by atoms with Gasteiger partial charge in [-0.15, -0.1) is 0 Å². The molecule has 0 aliphatic carbocycles. The molecule has 0 spiro atoms. The molecule has 1 heterocycles. The van der Waals surface area contributed by atoms with Crippen molar-refractivity contribution in [1.82, 2.24) is 4.90 Å². The van der Waals surface area contributed by atoms with E-state index in [1.165, 1.54) is 0 Å². The first-order valence-corrected chi connectivity index (χ1v) is 7.18. The van der Waals surface area contributed by atoms with Crippen LogP contribution in [0.4, 0.5) is 0 Å². The third kappa shape index (κ3) is 5.09. The monoisotopic (exact) mass is 280 g/mol. The van der Waals surface area contributed by atoms with Crippen molar-refractivity contribution >= 4 is 0 Å². The first kappa shape index (κ1) is 15.3. The fourth-order valence-corrected chi connectivity index (χ4v) is 2.25. The number of aliphatic hydroxyl groups is 1. The molecule has 1 aliphatic rings. The summed E-state index contributed by atoms with van der Waals surface area (Å²) in [6.45, 7) is 4.87. The maximum absolute atomic E-state index is 10.0. The summed E-state index contributed by atoms with van der Waals surface area (Å²) in [5, 5.41) is 10.0. The van der Waals surface area contributed by atoms with Crippen LogP contribution in [0, 0.1) is 0 Å². The minimum Gasteiger partial charge on any atom is -0.491 e. The molecular weight excluding hydrogens is 256 g/mol. The van der Waals surface area contributed by atoms with Gasteiger partial charge in [0.05, 0.1) is 6.61 Å². The molecule has 20 heavy (non-hydrogen) atoms. The Kier molecular flexibility index (Phi) is 6.26. The zero-order chi connectivity index (χ0) is 14.2. The van der Waals surface area contributed by atoms with Crippen molar-refractivity contribution in [3.05, 3.63) is 29.8 Å². The van der Waals surface area contributed by atoms with Gasteiger partial charge in [-0.3, -0.25) is 4.90 Å². The largest absolute Gasteiger partial charge is 0.491 e. The quantitative estimate of drug-likeness (QED) is 0.799. The van der Waals surface area contributed by atoms with Gasteiger partial charge >= 0.3 is 0 Å². The van der Waals surface area contributed by atoms with Gasteiger partial charge in [-0.05, 0) is 24.1 Å². The Bertz CT molecular complexity index is 375. The Morgan fingerprint density at radius 3 is 2.80 bits per heavy atom. The smallest absolute Gasteiger partial charge is 0.119 e. The summed E-state index contributed by atoms with van der Waals surface area (Å²) in [4.78, 5) is 2.22. The van der Waals surface area contributed by atoms with E-state index in [-0.39, 0.29) is 0 Å². The van der Waals surface area contributed by atoms with Crippen LogP contribution in [0.15, 0.2) is 24.3 Å². The lowest BCUT2D eigenvalue weighted by molar-refractivity contribution is 0.0658. The van der Waals surface area contributed by atoms with E-state index in [0.29, 0.717) is 19.7 Å². The van der Waals surface area contributed by atoms with Crippen molar-refractivity contribution in [2.45, 2.75) is 19.1 Å². The van der Waals surface area contributed by atoms with E-state index in [1.54, 1.807) is 0 Å². The van der Waals surface area contributed by atoms with Crippen molar-refractivity contribution in [1.29, 1.82) is 0 Å². The van der Waals surface area contributed by atoms with Crippen LogP contribution < -0.4 is 10.5 Å². The number of hydrogen-bond acceptors (Lipinski definition) is 5. The topological polar surface area (TPSA) is 68.0 Å². The number of aliphatic hydroxyl groups excluding tert-OH is 1. The van der Waals surface area contributed by atoms with Crippen molar-refractivity contribution < 1.29 is 14.6 Å². The highest BCUT2D eigenvalue weighted by atomic mass is 16.5. The van der Waals surface area contributed by atoms with Gasteiger partial charge in [-0.1, -0.05) is 12.1 Å². The first-order chi connectivity index (χ1) is 9.78. The van der Waals surface area contributed by atoms with E-state index in [1.807, 2.05) is 24.3 Å². The fraction of sp³-hybridized carbons (Fsp3) is 0.600. The Balaban J connectivity index is 1.71. The summed E-state index contributed by atoms with van der Waals surface area (Å²) in [5.74, 6) is 0.764. The number of benzene rings is 1. The van der Waals surface area contributed by atoms with Gasteiger partial charge in [-0.25, -0.2) is 0 Å². The van der Waals surface area contributed by atoms with Gasteiger partial charge in [0.15, 0.2) is 0 Å². The zero-order valence-corrected chi connectivity index (χ0v) is 11.8. The highest BCUT2D eigenvalue weighted by molar-refractivity contribution is 5.27. The van der Waals surface area contributed by atoms with Crippen molar-refractivity contribution in [2.75, 3.05) is 39.5 Å². The minimum absolute atomic E-state index is 0.305. The maximum atomic E-state index is 10.0. The normalized spacial score (nSPS) is 18.5. The van der Waals surface area contributed by atoms with E-state index in [4.69, 9.17) is 15.2 Å². The molecule has 1 fully saturated rings. The van der Waals surface area contributed by atoms with Gasteiger partial charge in [0, 0.05) is 32.8 Å². The molecule has 1 aromatic carbocycles. The summed E-state index contributed by atoms with van der Waals surface area (Å²) in [6, 6.07) is 7.64. The molecule has 0 radical (unpaired) electrons. The van der Waals surface area contributed by atoms with Gasteiger partial charge in [0.25, 0.3) is 0 Å². The van der Waals surface area contributed by atoms with Crippen LogP contribution in [-0.4, -0.2) is 55.6 Å². The Hall–Kier alpha value is -1.14. The molecule has 1 aliphatic heterocycles. The number of ether oxygens (including phenoxy) is 2. The molecule has 0 aromatic heterocycles. The predicted molar refractivity (Wildman–Crippen MR) is 77.7 cm³/mol. The standard InChI is InChI=1S/C15H24N2O3/c16-10-13-2-4-15(5-3-13)20-12-14(18)11-17-6-1-8-19-9-7-17/h2-5,14,18H,1,6-12,16H2. The number of nitrogens with two attached hydrogens (primary N) is 1. The number of rotatable bonds is 6. The van der Waals surface area contributed by atoms with Crippen LogP contribution >= 0.6 is 0 Å². The second kappa shape index (κ2) is 8.21. The average Bonchev–Trinajstić information content (AvgIpc) is 2.74. The highest BCUT2D eigenvalue weighted by Gasteiger charge is 2.14. The predicted octanol–water partition coefficient (Wildman–Crippen LogP) is 0.607. The Labute approximate surface area is 120 Å². The molecule has 2 rings (SSSR count). The van der Waals surface area contributed by atoms with Crippen LogP contribution in [0.25, 0.3) is 0 Å². The van der Waals surface area contributed by atoms with Crippen LogP contribution in [-0.2, 0) is 11.3 Å². The number of nitrogens with zero attached hydrogens (tertiary/aromatic N) is 1. The van der Waals surface area contributed by atoms with Gasteiger partial charge in [0.2, 0.25) is 0 Å². The van der Waals surface area contributed by atoms with Crippen molar-refractivity contribution in [3.63, 3.8) is 0 Å². The summed E-state index contributed by atoms with van der Waals surface area (Å²) < 4.78 is 11.0. The molecule has 1 atom stereocenters. The van der Waals surface area contributed by atoms with E-state index < -0.39 is 6.10 Å². The summed E-state index contributed by atoms with van der Waals surface area (Å²) in [7, 11) is 0. The van der Waals surface area contributed by atoms with E-state index in [2.05, 4.69) is 4.90 Å². The van der Waals surface area contributed by atoms with Crippen LogP contribution in [0.1, 0.15) is 12.0 Å². The third-order valence-electron chi connectivity index (χ3n) is 3.39. The van der Waals surface area contributed by atoms with Gasteiger partial charge in [-0.2, -0.15) is 0 Å². The molecule has 0 saturated carbocycles. The fourth-order valence-electron chi connectivity index (χ4n) is 2.25. The summed E-state index contributed by atoms with van der Waals surface area (Å²) in [5.41, 5.74) is 6.61. The molecule has 1 unspecified atom stereocenters. The van der Waals surface area contributed by atoms with E-state index in [9.17, 15) is 5.11 Å². The molecule has 5 nitrogen and oxygen atoms in total. The third-order valence-corrected chi connectivity index (χ3v) is 3.39. The maximum Gasteiger partial charge on any atom is 0.119 e. The number of hydrogen-bond donors (Lipinski definition) is 2. The van der Waals surface area contributed by atoms with Gasteiger partial charge in [0.1, 0.15) is 18.5 Å². The Morgan fingerprint density at radius 2 is 2.05 bits per heavy atom. The Morgan fingerprint density at radius 1 is 1.25 bits per heavy atom. The van der Waals surface area contributed by atoms with Crippen molar-refractivity contribution in [2.24, 2.45) is 5.73 Å². The molecule has 5 heteroatoms. The van der Waals surface area contributed by atoms with Crippen LogP contribution in [0.3, 0.4) is 0 Å². The molecular formula is C15H24N2O3. The second-order valence-electron chi connectivity index (χ2n) is 5.08.